The number of hydrogen-bond acceptors (Lipinski definition) is 6. The van der Waals surface area contributed by atoms with Crippen LogP contribution in [0.4, 0.5) is 14.9 Å². The predicted molar refractivity (Wildman–Crippen MR) is 99.3 cm³/mol. The van der Waals surface area contributed by atoms with Gasteiger partial charge in [-0.3, -0.25) is 5.32 Å². The summed E-state index contributed by atoms with van der Waals surface area (Å²) in [6.07, 6.45) is 0.421. The average molecular weight is 377 g/mol. The lowest BCUT2D eigenvalue weighted by Crippen LogP contribution is -2.36. The van der Waals surface area contributed by atoms with Crippen LogP contribution in [0.25, 0.3) is 0 Å². The second-order valence-electron chi connectivity index (χ2n) is 6.01. The van der Waals surface area contributed by atoms with Gasteiger partial charge in [0.25, 0.3) is 6.02 Å². The van der Waals surface area contributed by atoms with Gasteiger partial charge in [0.15, 0.2) is 5.06 Å². The molecular formula is C18H20FN3O3S. The van der Waals surface area contributed by atoms with Gasteiger partial charge in [-0.05, 0) is 43.7 Å². The van der Waals surface area contributed by atoms with Crippen LogP contribution in [0.5, 0.6) is 5.06 Å². The first-order valence-electron chi connectivity index (χ1n) is 8.25. The van der Waals surface area contributed by atoms with Gasteiger partial charge in [-0.15, -0.1) is 11.3 Å². The number of carbonyl (C=O) groups excluding carboxylic acids is 1. The van der Waals surface area contributed by atoms with E-state index in [4.69, 9.17) is 15.2 Å². The molecule has 3 N–H and O–H groups in total. The van der Waals surface area contributed by atoms with Crippen molar-refractivity contribution < 1.29 is 18.7 Å². The summed E-state index contributed by atoms with van der Waals surface area (Å²) in [5.74, 6) is -0.405. The highest BCUT2D eigenvalue weighted by molar-refractivity contribution is 7.13. The number of nitrogens with zero attached hydrogens (tertiary/aromatic N) is 1. The Hall–Kier alpha value is -2.61. The van der Waals surface area contributed by atoms with Crippen molar-refractivity contribution in [3.63, 3.8) is 0 Å². The van der Waals surface area contributed by atoms with E-state index in [0.29, 0.717) is 35.8 Å². The Labute approximate surface area is 154 Å². The van der Waals surface area contributed by atoms with E-state index in [0.717, 1.165) is 4.88 Å². The van der Waals surface area contributed by atoms with Crippen molar-refractivity contribution in [3.05, 3.63) is 46.6 Å². The largest absolute Gasteiger partial charge is 0.465 e. The van der Waals surface area contributed by atoms with Gasteiger partial charge in [-0.25, -0.2) is 14.2 Å². The number of thiophene rings is 1. The molecule has 1 aromatic carbocycles. The van der Waals surface area contributed by atoms with Gasteiger partial charge in [0.2, 0.25) is 0 Å². The summed E-state index contributed by atoms with van der Waals surface area (Å²) < 4.78 is 24.9. The minimum Gasteiger partial charge on any atom is -0.465 e. The molecular weight excluding hydrogens is 357 g/mol. The molecule has 1 amide bonds. The van der Waals surface area contributed by atoms with E-state index in [2.05, 4.69) is 10.3 Å². The predicted octanol–water partition coefficient (Wildman–Crippen LogP) is 4.15. The molecule has 26 heavy (non-hydrogen) atoms. The Balaban J connectivity index is 1.83. The van der Waals surface area contributed by atoms with Crippen LogP contribution in [0.2, 0.25) is 0 Å². The summed E-state index contributed by atoms with van der Waals surface area (Å²) in [7, 11) is 0. The van der Waals surface area contributed by atoms with E-state index in [9.17, 15) is 9.18 Å². The smallest absolute Gasteiger partial charge is 0.417 e. The third-order valence-corrected chi connectivity index (χ3v) is 5.18. The van der Waals surface area contributed by atoms with Gasteiger partial charge in [0, 0.05) is 22.5 Å². The molecule has 0 spiro atoms. The minimum absolute atomic E-state index is 0.0448. The molecule has 0 bridgehead atoms. The number of nitrogens with two attached hydrogens (primary N) is 1. The fourth-order valence-corrected chi connectivity index (χ4v) is 3.63. The quantitative estimate of drug-likeness (QED) is 0.838. The second-order valence-corrected chi connectivity index (χ2v) is 7.26. The van der Waals surface area contributed by atoms with Crippen molar-refractivity contribution in [1.82, 2.24) is 0 Å². The van der Waals surface area contributed by atoms with Crippen molar-refractivity contribution >= 4 is 29.1 Å². The Bertz CT molecular complexity index is 852. The topological polar surface area (TPSA) is 85.9 Å². The van der Waals surface area contributed by atoms with E-state index in [1.807, 2.05) is 19.9 Å². The van der Waals surface area contributed by atoms with Gasteiger partial charge < -0.3 is 15.2 Å². The summed E-state index contributed by atoms with van der Waals surface area (Å²) >= 11 is 1.37. The number of carbonyl (C=O) groups is 1. The normalized spacial score (nSPS) is 19.4. The van der Waals surface area contributed by atoms with Crippen LogP contribution in [0.15, 0.2) is 35.3 Å². The van der Waals surface area contributed by atoms with Crippen molar-refractivity contribution in [2.24, 2.45) is 10.7 Å². The number of amides is 1. The van der Waals surface area contributed by atoms with Crippen LogP contribution in [-0.4, -0.2) is 18.7 Å². The van der Waals surface area contributed by atoms with Gasteiger partial charge in [-0.2, -0.15) is 0 Å². The summed E-state index contributed by atoms with van der Waals surface area (Å²) in [5.41, 5.74) is 5.69. The number of aryl methyl sites for hydroxylation is 1. The molecule has 0 unspecified atom stereocenters. The first-order chi connectivity index (χ1) is 12.4. The van der Waals surface area contributed by atoms with Crippen LogP contribution < -0.4 is 15.8 Å². The fraction of sp³-hybridized carbons (Fsp3) is 0.333. The molecule has 0 fully saturated rings. The molecule has 1 aliphatic heterocycles. The lowest BCUT2D eigenvalue weighted by Gasteiger charge is -2.33. The maximum absolute atomic E-state index is 14.5. The van der Waals surface area contributed by atoms with Crippen LogP contribution in [0.1, 0.15) is 30.2 Å². The van der Waals surface area contributed by atoms with E-state index in [1.165, 1.54) is 23.5 Å². The highest BCUT2D eigenvalue weighted by atomic mass is 32.1. The van der Waals surface area contributed by atoms with Gasteiger partial charge >= 0.3 is 6.09 Å². The van der Waals surface area contributed by atoms with Gasteiger partial charge in [-0.1, -0.05) is 6.92 Å². The number of anilines is 1. The second kappa shape index (κ2) is 7.33. The Morgan fingerprint density at radius 2 is 2.27 bits per heavy atom. The van der Waals surface area contributed by atoms with Crippen LogP contribution >= 0.6 is 11.3 Å². The molecule has 138 valence electrons. The van der Waals surface area contributed by atoms with Crippen molar-refractivity contribution in [2.45, 2.75) is 32.2 Å². The number of halogens is 1. The third-order valence-electron chi connectivity index (χ3n) is 4.30. The molecule has 2 aromatic rings. The average Bonchev–Trinajstić information content (AvgIpc) is 3.01. The molecule has 0 aliphatic carbocycles. The number of aliphatic imine (C=N–C) groups is 1. The number of amidine groups is 1. The minimum atomic E-state index is -0.807. The van der Waals surface area contributed by atoms with Crippen LogP contribution in [0.3, 0.4) is 0 Å². The van der Waals surface area contributed by atoms with Crippen molar-refractivity contribution in [1.29, 1.82) is 0 Å². The van der Waals surface area contributed by atoms with E-state index in [-0.39, 0.29) is 6.02 Å². The Morgan fingerprint density at radius 1 is 1.46 bits per heavy atom. The SMILES string of the molecule is CC[C@@]1(c2cc(NC(=O)Oc3ccc(C)s3)ccc2F)CCOC(N)=N1. The highest BCUT2D eigenvalue weighted by Crippen LogP contribution is 2.38. The van der Waals surface area contributed by atoms with Crippen LogP contribution in [0, 0.1) is 12.7 Å². The molecule has 0 saturated carbocycles. The van der Waals surface area contributed by atoms with E-state index in [1.54, 1.807) is 12.1 Å². The Morgan fingerprint density at radius 3 is 2.92 bits per heavy atom. The van der Waals surface area contributed by atoms with Crippen LogP contribution in [-0.2, 0) is 10.3 Å². The maximum atomic E-state index is 14.5. The molecule has 0 saturated heterocycles. The molecule has 1 atom stereocenters. The number of benzene rings is 1. The summed E-state index contributed by atoms with van der Waals surface area (Å²) in [6, 6.07) is 7.99. The van der Waals surface area contributed by atoms with E-state index >= 15 is 0 Å². The molecule has 6 nitrogen and oxygen atoms in total. The lowest BCUT2D eigenvalue weighted by molar-refractivity contribution is 0.201. The standard InChI is InChI=1S/C18H20FN3O3S/c1-3-18(8-9-24-16(20)22-18)13-10-12(5-6-14(13)19)21-17(23)25-15-7-4-11(2)26-15/h4-7,10H,3,8-9H2,1-2H3,(H2,20,22)(H,21,23)/t18-/m0/s1. The lowest BCUT2D eigenvalue weighted by atomic mass is 9.84. The number of hydrogen-bond donors (Lipinski definition) is 2. The summed E-state index contributed by atoms with van der Waals surface area (Å²) in [4.78, 5) is 17.5. The molecule has 2 heterocycles. The third kappa shape index (κ3) is 3.80. The summed E-state index contributed by atoms with van der Waals surface area (Å²) in [6.45, 7) is 4.20. The summed E-state index contributed by atoms with van der Waals surface area (Å²) in [5, 5.41) is 3.12. The molecule has 1 aromatic heterocycles. The van der Waals surface area contributed by atoms with Crippen molar-refractivity contribution in [2.75, 3.05) is 11.9 Å². The van der Waals surface area contributed by atoms with Gasteiger partial charge in [0.05, 0.1) is 12.1 Å². The van der Waals surface area contributed by atoms with Crippen molar-refractivity contribution in [3.8, 4) is 5.06 Å². The molecule has 1 aliphatic rings. The zero-order chi connectivity index (χ0) is 18.7. The first-order valence-corrected chi connectivity index (χ1v) is 9.07. The first kappa shape index (κ1) is 18.2. The molecule has 0 radical (unpaired) electrons. The maximum Gasteiger partial charge on any atom is 0.417 e. The number of ether oxygens (including phenoxy) is 2. The number of rotatable bonds is 4. The molecule has 8 heteroatoms. The Kier molecular flexibility index (Phi) is 5.13. The zero-order valence-corrected chi connectivity index (χ0v) is 15.4. The zero-order valence-electron chi connectivity index (χ0n) is 14.5. The fourth-order valence-electron chi connectivity index (χ4n) is 2.93. The number of nitrogens with one attached hydrogen (secondary N) is 1. The molecule has 3 rings (SSSR count). The van der Waals surface area contributed by atoms with Gasteiger partial charge in [0.1, 0.15) is 5.82 Å². The van der Waals surface area contributed by atoms with E-state index < -0.39 is 17.4 Å². The highest BCUT2D eigenvalue weighted by Gasteiger charge is 2.36. The monoisotopic (exact) mass is 377 g/mol.